The first-order valence-corrected chi connectivity index (χ1v) is 11.4. The summed E-state index contributed by atoms with van der Waals surface area (Å²) in [6, 6.07) is 4.81. The van der Waals surface area contributed by atoms with Gasteiger partial charge in [-0.05, 0) is 65.2 Å². The molecule has 0 amide bonds. The summed E-state index contributed by atoms with van der Waals surface area (Å²) in [6.07, 6.45) is 5.37. The van der Waals surface area contributed by atoms with Gasteiger partial charge in [0.05, 0.1) is 11.9 Å². The highest BCUT2D eigenvalue weighted by Gasteiger charge is 2.33. The third-order valence-corrected chi connectivity index (χ3v) is 6.28. The Balaban J connectivity index is 1.68. The van der Waals surface area contributed by atoms with Crippen molar-refractivity contribution in [3.63, 3.8) is 0 Å². The molecule has 3 rings (SSSR count). The number of allylic oxidation sites excluding steroid dienone is 2. The zero-order valence-electron chi connectivity index (χ0n) is 20.2. The normalized spacial score (nSPS) is 20.0. The molecule has 0 saturated carbocycles. The van der Waals surface area contributed by atoms with E-state index in [-0.39, 0.29) is 17.9 Å². The topological polar surface area (TPSA) is 41.4 Å². The molecule has 5 nitrogen and oxygen atoms in total. The van der Waals surface area contributed by atoms with Gasteiger partial charge < -0.3 is 9.47 Å². The van der Waals surface area contributed by atoms with E-state index in [1.165, 1.54) is 0 Å². The van der Waals surface area contributed by atoms with E-state index in [1.54, 1.807) is 20.8 Å². The first kappa shape index (κ1) is 24.2. The molecule has 0 N–H and O–H groups in total. The van der Waals surface area contributed by atoms with E-state index in [4.69, 9.17) is 4.98 Å². The van der Waals surface area contributed by atoms with Crippen molar-refractivity contribution in [3.05, 3.63) is 48.8 Å². The molecule has 0 spiro atoms. The van der Waals surface area contributed by atoms with Gasteiger partial charge in [-0.1, -0.05) is 18.7 Å². The molecule has 1 aliphatic rings. The molecule has 0 aliphatic carbocycles. The summed E-state index contributed by atoms with van der Waals surface area (Å²) in [6.45, 7) is 20.0. The molecule has 1 fully saturated rings. The monoisotopic (exact) mass is 440 g/mol. The predicted molar refractivity (Wildman–Crippen MR) is 131 cm³/mol. The maximum atomic E-state index is 14.2. The number of halogens is 1. The number of hydrogen-bond acceptors (Lipinski definition) is 4. The molecule has 2 unspecified atom stereocenters. The lowest BCUT2D eigenvalue weighted by atomic mass is 10.0. The average Bonchev–Trinajstić information content (AvgIpc) is 3.09. The minimum atomic E-state index is -1.20. The second-order valence-electron chi connectivity index (χ2n) is 9.95. The number of pyridine rings is 1. The minimum Gasteiger partial charge on any atom is -0.367 e. The van der Waals surface area contributed by atoms with Crippen LogP contribution in [0.2, 0.25) is 0 Å². The van der Waals surface area contributed by atoms with Crippen LogP contribution >= 0.6 is 0 Å². The Morgan fingerprint density at radius 2 is 1.88 bits per heavy atom. The second-order valence-corrected chi connectivity index (χ2v) is 9.95. The number of carbonyl (C=O) groups excluding carboxylic acids is 1. The Kier molecular flexibility index (Phi) is 7.23. The number of aromatic nitrogens is 2. The summed E-state index contributed by atoms with van der Waals surface area (Å²) in [5.74, 6) is 0.0382. The number of fused-ring (bicyclic) bond motifs is 1. The third kappa shape index (κ3) is 5.85. The van der Waals surface area contributed by atoms with Gasteiger partial charge in [0.15, 0.2) is 5.78 Å². The first-order valence-electron chi connectivity index (χ1n) is 11.4. The lowest BCUT2D eigenvalue weighted by Gasteiger charge is -2.46. The van der Waals surface area contributed by atoms with Crippen LogP contribution in [-0.2, 0) is 11.3 Å². The van der Waals surface area contributed by atoms with Crippen LogP contribution in [0.1, 0.15) is 47.5 Å². The van der Waals surface area contributed by atoms with E-state index < -0.39 is 5.67 Å². The zero-order valence-corrected chi connectivity index (χ0v) is 20.2. The summed E-state index contributed by atoms with van der Waals surface area (Å²) in [5.41, 5.74) is 2.52. The molecule has 1 saturated heterocycles. The van der Waals surface area contributed by atoms with E-state index in [0.717, 1.165) is 41.8 Å². The van der Waals surface area contributed by atoms with E-state index in [9.17, 15) is 9.18 Å². The fourth-order valence-corrected chi connectivity index (χ4v) is 4.50. The standard InChI is InChI=1S/C26H37FN4O/c1-18(8-9-19(2)22(5)32)14-29-11-10-23-12-24(13-28-25(23)29)30-15-20(3)31(21(4)16-30)17-26(6,7)27/h10-13,20-21H,1-2,8-9,14-17H2,3-7H3. The van der Waals surface area contributed by atoms with Crippen molar-refractivity contribution in [1.82, 2.24) is 14.5 Å². The molecule has 6 heteroatoms. The van der Waals surface area contributed by atoms with E-state index in [2.05, 4.69) is 53.5 Å². The van der Waals surface area contributed by atoms with E-state index in [1.807, 2.05) is 12.4 Å². The molecule has 2 aromatic heterocycles. The Morgan fingerprint density at radius 1 is 1.22 bits per heavy atom. The van der Waals surface area contributed by atoms with Crippen molar-refractivity contribution in [1.29, 1.82) is 0 Å². The number of piperazine rings is 1. The number of rotatable bonds is 9. The Labute approximate surface area is 191 Å². The predicted octanol–water partition coefficient (Wildman–Crippen LogP) is 5.17. The van der Waals surface area contributed by atoms with Gasteiger partial charge >= 0.3 is 0 Å². The maximum Gasteiger partial charge on any atom is 0.155 e. The minimum absolute atomic E-state index is 0.0382. The van der Waals surface area contributed by atoms with Crippen molar-refractivity contribution in [3.8, 4) is 0 Å². The van der Waals surface area contributed by atoms with Gasteiger partial charge in [-0.2, -0.15) is 0 Å². The maximum absolute atomic E-state index is 14.2. The van der Waals surface area contributed by atoms with Crippen LogP contribution in [0, 0.1) is 0 Å². The highest BCUT2D eigenvalue weighted by molar-refractivity contribution is 5.92. The molecular formula is C26H37FN4O. The summed E-state index contributed by atoms with van der Waals surface area (Å²) < 4.78 is 16.3. The van der Waals surface area contributed by atoms with Gasteiger partial charge in [0, 0.05) is 49.8 Å². The van der Waals surface area contributed by atoms with Gasteiger partial charge in [-0.15, -0.1) is 0 Å². The molecule has 2 atom stereocenters. The van der Waals surface area contributed by atoms with Crippen molar-refractivity contribution >= 4 is 22.5 Å². The van der Waals surface area contributed by atoms with Crippen LogP contribution in [0.5, 0.6) is 0 Å². The molecule has 32 heavy (non-hydrogen) atoms. The van der Waals surface area contributed by atoms with Crippen LogP contribution in [0.4, 0.5) is 10.1 Å². The Morgan fingerprint density at radius 3 is 2.47 bits per heavy atom. The van der Waals surface area contributed by atoms with Crippen LogP contribution in [-0.4, -0.2) is 57.6 Å². The van der Waals surface area contributed by atoms with Crippen molar-refractivity contribution in [2.75, 3.05) is 24.5 Å². The van der Waals surface area contributed by atoms with Gasteiger partial charge in [0.1, 0.15) is 11.3 Å². The molecule has 174 valence electrons. The second kappa shape index (κ2) is 9.57. The van der Waals surface area contributed by atoms with Gasteiger partial charge in [-0.3, -0.25) is 9.69 Å². The third-order valence-electron chi connectivity index (χ3n) is 6.28. The zero-order chi connectivity index (χ0) is 23.6. The Bertz CT molecular complexity index is 991. The fourth-order valence-electron chi connectivity index (χ4n) is 4.50. The SMILES string of the molecule is C=C(CCC(=C)C(C)=O)Cn1ccc2cc(N3CC(C)N(CC(C)(C)F)C(C)C3)cnc21. The molecule has 0 bridgehead atoms. The molecule has 0 aromatic carbocycles. The largest absolute Gasteiger partial charge is 0.367 e. The highest BCUT2D eigenvalue weighted by Crippen LogP contribution is 2.27. The van der Waals surface area contributed by atoms with Crippen molar-refractivity contribution < 1.29 is 9.18 Å². The molecule has 1 aliphatic heterocycles. The summed E-state index contributed by atoms with van der Waals surface area (Å²) in [7, 11) is 0. The molecular weight excluding hydrogens is 403 g/mol. The number of carbonyl (C=O) groups is 1. The summed E-state index contributed by atoms with van der Waals surface area (Å²) in [4.78, 5) is 20.7. The number of nitrogens with zero attached hydrogens (tertiary/aromatic N) is 4. The van der Waals surface area contributed by atoms with Crippen LogP contribution < -0.4 is 4.90 Å². The Hall–Kier alpha value is -2.47. The number of hydrogen-bond donors (Lipinski definition) is 0. The molecule has 3 heterocycles. The number of alkyl halides is 1. The first-order chi connectivity index (χ1) is 14.9. The molecule has 0 radical (unpaired) electrons. The van der Waals surface area contributed by atoms with Crippen LogP contribution in [0.25, 0.3) is 11.0 Å². The summed E-state index contributed by atoms with van der Waals surface area (Å²) >= 11 is 0. The highest BCUT2D eigenvalue weighted by atomic mass is 19.1. The van der Waals surface area contributed by atoms with E-state index in [0.29, 0.717) is 25.1 Å². The van der Waals surface area contributed by atoms with Gasteiger partial charge in [0.2, 0.25) is 0 Å². The fraction of sp³-hybridized carbons (Fsp3) is 0.538. The van der Waals surface area contributed by atoms with Crippen molar-refractivity contribution in [2.24, 2.45) is 0 Å². The van der Waals surface area contributed by atoms with E-state index >= 15 is 0 Å². The molecule has 2 aromatic rings. The average molecular weight is 441 g/mol. The van der Waals surface area contributed by atoms with Crippen LogP contribution in [0.3, 0.4) is 0 Å². The van der Waals surface area contributed by atoms with Gasteiger partial charge in [-0.25, -0.2) is 9.37 Å². The quantitative estimate of drug-likeness (QED) is 0.399. The van der Waals surface area contributed by atoms with Crippen molar-refractivity contribution in [2.45, 2.75) is 71.8 Å². The lowest BCUT2D eigenvalue weighted by molar-refractivity contribution is -0.113. The van der Waals surface area contributed by atoms with Gasteiger partial charge in [0.25, 0.3) is 0 Å². The lowest BCUT2D eigenvalue weighted by Crippen LogP contribution is -2.59. The summed E-state index contributed by atoms with van der Waals surface area (Å²) in [5, 5.41) is 1.09. The van der Waals surface area contributed by atoms with Crippen LogP contribution in [0.15, 0.2) is 48.8 Å². The smallest absolute Gasteiger partial charge is 0.155 e. The number of Topliss-reactive ketones (excluding diaryl/α,β-unsaturated/α-hetero) is 1. The number of ketones is 1. The number of anilines is 1.